The molecule has 1 saturated heterocycles. The van der Waals surface area contributed by atoms with Crippen LogP contribution in [0.5, 0.6) is 0 Å². The van der Waals surface area contributed by atoms with Gasteiger partial charge in [-0.2, -0.15) is 13.2 Å². The minimum absolute atomic E-state index is 0.0588. The smallest absolute Gasteiger partial charge is 0.344 e. The van der Waals surface area contributed by atoms with E-state index in [2.05, 4.69) is 21.2 Å². The minimum Gasteiger partial charge on any atom is -0.344 e. The normalized spacial score (nSPS) is 16.3. The number of terminal acetylenes is 1. The molecule has 2 heterocycles. The number of alkyl halides is 3. The van der Waals surface area contributed by atoms with Crippen LogP contribution in [0.25, 0.3) is 0 Å². The zero-order chi connectivity index (χ0) is 17.6. The molecular weight excluding hydrogens is 323 g/mol. The summed E-state index contributed by atoms with van der Waals surface area (Å²) in [5.74, 6) is 2.22. The second-order valence-corrected chi connectivity index (χ2v) is 5.34. The van der Waals surface area contributed by atoms with Gasteiger partial charge in [-0.05, 0) is 12.5 Å². The highest BCUT2D eigenvalue weighted by molar-refractivity contribution is 5.78. The van der Waals surface area contributed by atoms with Crippen molar-refractivity contribution in [2.45, 2.75) is 12.6 Å². The minimum atomic E-state index is -4.50. The Morgan fingerprint density at radius 1 is 1.33 bits per heavy atom. The Morgan fingerprint density at radius 3 is 2.83 bits per heavy atom. The summed E-state index contributed by atoms with van der Waals surface area (Å²) < 4.78 is 38.2. The molecule has 0 aromatic carbocycles. The largest absolute Gasteiger partial charge is 0.433 e. The first-order chi connectivity index (χ1) is 11.4. The maximum absolute atomic E-state index is 12.7. The van der Waals surface area contributed by atoms with E-state index in [1.807, 2.05) is 4.90 Å². The van der Waals surface area contributed by atoms with Crippen LogP contribution in [0.2, 0.25) is 0 Å². The van der Waals surface area contributed by atoms with Gasteiger partial charge in [-0.25, -0.2) is 9.97 Å². The fraction of sp³-hybridized carbons (Fsp3) is 0.533. The van der Waals surface area contributed by atoms with E-state index in [9.17, 15) is 18.0 Å². The molecular formula is C15H18F3N5O. The third-order valence-electron chi connectivity index (χ3n) is 3.56. The van der Waals surface area contributed by atoms with Gasteiger partial charge in [-0.15, -0.1) is 6.42 Å². The van der Waals surface area contributed by atoms with Crippen molar-refractivity contribution in [3.63, 3.8) is 0 Å². The second-order valence-electron chi connectivity index (χ2n) is 5.34. The van der Waals surface area contributed by atoms with E-state index in [-0.39, 0.29) is 24.9 Å². The quantitative estimate of drug-likeness (QED) is 0.820. The number of aromatic nitrogens is 2. The number of carbonyl (C=O) groups is 1. The molecule has 0 bridgehead atoms. The lowest BCUT2D eigenvalue weighted by atomic mass is 10.3. The van der Waals surface area contributed by atoms with Crippen LogP contribution in [0.4, 0.5) is 19.1 Å². The van der Waals surface area contributed by atoms with Crippen LogP contribution >= 0.6 is 0 Å². The number of halogens is 3. The van der Waals surface area contributed by atoms with E-state index in [4.69, 9.17) is 6.42 Å². The summed E-state index contributed by atoms with van der Waals surface area (Å²) in [5.41, 5.74) is -0.956. The lowest BCUT2D eigenvalue weighted by Crippen LogP contribution is -2.39. The zero-order valence-electron chi connectivity index (χ0n) is 13.0. The zero-order valence-corrected chi connectivity index (χ0v) is 13.0. The monoisotopic (exact) mass is 341 g/mol. The third-order valence-corrected chi connectivity index (χ3v) is 3.56. The van der Waals surface area contributed by atoms with Crippen LogP contribution in [-0.4, -0.2) is 60.0 Å². The van der Waals surface area contributed by atoms with Gasteiger partial charge in [0.15, 0.2) is 0 Å². The lowest BCUT2D eigenvalue weighted by Gasteiger charge is -2.22. The predicted molar refractivity (Wildman–Crippen MR) is 82.1 cm³/mol. The molecule has 0 atom stereocenters. The molecule has 1 aromatic heterocycles. The lowest BCUT2D eigenvalue weighted by molar-refractivity contribution is -0.141. The molecule has 0 saturated carbocycles. The van der Waals surface area contributed by atoms with Gasteiger partial charge in [0.05, 0.1) is 13.1 Å². The van der Waals surface area contributed by atoms with Crippen LogP contribution in [0.3, 0.4) is 0 Å². The molecule has 0 spiro atoms. The van der Waals surface area contributed by atoms with Gasteiger partial charge in [0.2, 0.25) is 11.9 Å². The molecule has 2 rings (SSSR count). The fourth-order valence-electron chi connectivity index (χ4n) is 2.40. The number of nitrogens with one attached hydrogen (secondary N) is 1. The van der Waals surface area contributed by atoms with Crippen LogP contribution in [0.15, 0.2) is 12.3 Å². The Balaban J connectivity index is 1.96. The van der Waals surface area contributed by atoms with E-state index in [0.29, 0.717) is 32.6 Å². The summed E-state index contributed by atoms with van der Waals surface area (Å²) in [7, 11) is 0. The predicted octanol–water partition coefficient (Wildman–Crippen LogP) is 0.757. The molecule has 130 valence electrons. The Kier molecular flexibility index (Phi) is 5.98. The summed E-state index contributed by atoms with van der Waals surface area (Å²) in [4.78, 5) is 22.9. The molecule has 1 aliphatic heterocycles. The maximum Gasteiger partial charge on any atom is 0.433 e. The summed E-state index contributed by atoms with van der Waals surface area (Å²) in [6.45, 7) is 2.56. The van der Waals surface area contributed by atoms with Crippen molar-refractivity contribution in [2.75, 3.05) is 44.2 Å². The summed E-state index contributed by atoms with van der Waals surface area (Å²) >= 11 is 0. The Hall–Kier alpha value is -2.34. The molecule has 1 aromatic rings. The molecule has 24 heavy (non-hydrogen) atoms. The van der Waals surface area contributed by atoms with Crippen molar-refractivity contribution in [2.24, 2.45) is 0 Å². The van der Waals surface area contributed by atoms with E-state index >= 15 is 0 Å². The number of carbonyl (C=O) groups excluding carboxylic acids is 1. The third kappa shape index (κ3) is 5.09. The van der Waals surface area contributed by atoms with Crippen molar-refractivity contribution in [3.8, 4) is 12.3 Å². The SMILES string of the molecule is C#CCNC(=O)CN1CCCN(c2nccc(C(F)(F)F)n2)CC1. The highest BCUT2D eigenvalue weighted by atomic mass is 19.4. The number of amides is 1. The van der Waals surface area contributed by atoms with Crippen LogP contribution in [0.1, 0.15) is 12.1 Å². The van der Waals surface area contributed by atoms with Gasteiger partial charge in [-0.1, -0.05) is 5.92 Å². The van der Waals surface area contributed by atoms with E-state index in [1.165, 1.54) is 0 Å². The van der Waals surface area contributed by atoms with Crippen molar-refractivity contribution in [1.82, 2.24) is 20.2 Å². The van der Waals surface area contributed by atoms with E-state index < -0.39 is 11.9 Å². The maximum atomic E-state index is 12.7. The second kappa shape index (κ2) is 7.97. The number of anilines is 1. The summed E-state index contributed by atoms with van der Waals surface area (Å²) in [5, 5.41) is 2.59. The van der Waals surface area contributed by atoms with Crippen molar-refractivity contribution in [3.05, 3.63) is 18.0 Å². The van der Waals surface area contributed by atoms with Gasteiger partial charge in [0, 0.05) is 32.4 Å². The Morgan fingerprint density at radius 2 is 2.12 bits per heavy atom. The molecule has 1 N–H and O–H groups in total. The molecule has 6 nitrogen and oxygen atoms in total. The van der Waals surface area contributed by atoms with Crippen molar-refractivity contribution in [1.29, 1.82) is 0 Å². The molecule has 9 heteroatoms. The first-order valence-corrected chi connectivity index (χ1v) is 7.48. The number of nitrogens with zero attached hydrogens (tertiary/aromatic N) is 4. The van der Waals surface area contributed by atoms with E-state index in [0.717, 1.165) is 12.3 Å². The van der Waals surface area contributed by atoms with Crippen LogP contribution in [0, 0.1) is 12.3 Å². The van der Waals surface area contributed by atoms with Crippen LogP contribution in [-0.2, 0) is 11.0 Å². The summed E-state index contributed by atoms with van der Waals surface area (Å²) in [6, 6.07) is 0.851. The number of hydrogen-bond donors (Lipinski definition) is 1. The topological polar surface area (TPSA) is 61.4 Å². The van der Waals surface area contributed by atoms with Gasteiger partial charge in [0.25, 0.3) is 0 Å². The molecule has 0 aliphatic carbocycles. The number of hydrogen-bond acceptors (Lipinski definition) is 5. The van der Waals surface area contributed by atoms with Gasteiger partial charge >= 0.3 is 6.18 Å². The van der Waals surface area contributed by atoms with Gasteiger partial charge in [-0.3, -0.25) is 9.69 Å². The highest BCUT2D eigenvalue weighted by Crippen LogP contribution is 2.28. The Labute approximate surface area is 138 Å². The average molecular weight is 341 g/mol. The molecule has 1 amide bonds. The van der Waals surface area contributed by atoms with Crippen molar-refractivity contribution < 1.29 is 18.0 Å². The molecule has 1 aliphatic rings. The van der Waals surface area contributed by atoms with E-state index in [1.54, 1.807) is 4.90 Å². The average Bonchev–Trinajstić information content (AvgIpc) is 2.78. The Bertz CT molecular complexity index is 614. The highest BCUT2D eigenvalue weighted by Gasteiger charge is 2.33. The first-order valence-electron chi connectivity index (χ1n) is 7.48. The summed E-state index contributed by atoms with van der Waals surface area (Å²) in [6.07, 6.45) is 2.39. The molecule has 0 unspecified atom stereocenters. The fourth-order valence-corrected chi connectivity index (χ4v) is 2.40. The molecule has 0 radical (unpaired) electrons. The van der Waals surface area contributed by atoms with Crippen LogP contribution < -0.4 is 10.2 Å². The number of rotatable bonds is 4. The van der Waals surface area contributed by atoms with Gasteiger partial charge in [0.1, 0.15) is 5.69 Å². The first kappa shape index (κ1) is 18.0. The standard InChI is InChI=1S/C15H18F3N5O/c1-2-5-19-13(24)11-22-7-3-8-23(10-9-22)14-20-6-4-12(21-14)15(16,17)18/h1,4,6H,3,5,7-11H2,(H,19,24). The van der Waals surface area contributed by atoms with Crippen molar-refractivity contribution >= 4 is 11.9 Å². The molecule has 1 fully saturated rings. The van der Waals surface area contributed by atoms with Gasteiger partial charge < -0.3 is 10.2 Å².